The molecule has 2 nitrogen and oxygen atoms in total. The molecule has 88 valence electrons. The Kier molecular flexibility index (Phi) is 4.12. The highest BCUT2D eigenvalue weighted by atomic mass is 16.6. The van der Waals surface area contributed by atoms with Gasteiger partial charge in [0.05, 0.1) is 0 Å². The van der Waals surface area contributed by atoms with Crippen LogP contribution in [0.5, 0.6) is 0 Å². The number of rotatable bonds is 2. The lowest BCUT2D eigenvalue weighted by Crippen LogP contribution is -2.22. The molecule has 0 radical (unpaired) electrons. The third-order valence-electron chi connectivity index (χ3n) is 1.90. The van der Waals surface area contributed by atoms with Crippen molar-refractivity contribution < 1.29 is 9.53 Å². The predicted octanol–water partition coefficient (Wildman–Crippen LogP) is 3.02. The van der Waals surface area contributed by atoms with Crippen LogP contribution in [-0.2, 0) is 9.53 Å². The Bertz CT molecular complexity index is 453. The van der Waals surface area contributed by atoms with E-state index in [1.165, 1.54) is 6.08 Å². The van der Waals surface area contributed by atoms with Crippen LogP contribution in [0.4, 0.5) is 0 Å². The second-order valence-corrected chi connectivity index (χ2v) is 4.63. The van der Waals surface area contributed by atoms with E-state index in [0.717, 1.165) is 11.1 Å². The molecule has 0 saturated heterocycles. The van der Waals surface area contributed by atoms with Crippen molar-refractivity contribution in [1.29, 1.82) is 0 Å². The van der Waals surface area contributed by atoms with Crippen molar-refractivity contribution in [1.82, 2.24) is 0 Å². The first-order chi connectivity index (χ1) is 7.90. The van der Waals surface area contributed by atoms with E-state index in [-0.39, 0.29) is 5.97 Å². The summed E-state index contributed by atoms with van der Waals surface area (Å²) in [6, 6.07) is 7.37. The molecule has 0 N–H and O–H groups in total. The van der Waals surface area contributed by atoms with Crippen LogP contribution in [-0.4, -0.2) is 11.6 Å². The molecule has 0 heterocycles. The zero-order valence-electron chi connectivity index (χ0n) is 10.4. The van der Waals surface area contributed by atoms with Gasteiger partial charge in [0.2, 0.25) is 0 Å². The number of hydrogen-bond donors (Lipinski definition) is 0. The zero-order valence-corrected chi connectivity index (χ0v) is 10.4. The van der Waals surface area contributed by atoms with Crippen LogP contribution in [0.1, 0.15) is 31.9 Å². The van der Waals surface area contributed by atoms with E-state index >= 15 is 0 Å². The fraction of sp³-hybridized carbons (Fsp3) is 0.267. The van der Waals surface area contributed by atoms with Gasteiger partial charge in [-0.3, -0.25) is 0 Å². The molecule has 0 fully saturated rings. The quantitative estimate of drug-likeness (QED) is 0.442. The summed E-state index contributed by atoms with van der Waals surface area (Å²) >= 11 is 0. The first-order valence-electron chi connectivity index (χ1n) is 5.38. The zero-order chi connectivity index (χ0) is 12.9. The maximum atomic E-state index is 11.4. The lowest BCUT2D eigenvalue weighted by atomic mass is 10.1. The average Bonchev–Trinajstić information content (AvgIpc) is 2.25. The van der Waals surface area contributed by atoms with Crippen molar-refractivity contribution >= 4 is 12.0 Å². The number of ether oxygens (including phenoxy) is 1. The Morgan fingerprint density at radius 2 is 1.88 bits per heavy atom. The molecule has 0 amide bonds. The van der Waals surface area contributed by atoms with E-state index in [9.17, 15) is 4.79 Å². The third-order valence-corrected chi connectivity index (χ3v) is 1.90. The van der Waals surface area contributed by atoms with E-state index in [2.05, 4.69) is 5.92 Å². The summed E-state index contributed by atoms with van der Waals surface area (Å²) in [4.78, 5) is 11.4. The van der Waals surface area contributed by atoms with Gasteiger partial charge in [0, 0.05) is 11.6 Å². The Labute approximate surface area is 102 Å². The molecule has 0 spiro atoms. The van der Waals surface area contributed by atoms with E-state index in [0.29, 0.717) is 0 Å². The minimum Gasteiger partial charge on any atom is -0.457 e. The smallest absolute Gasteiger partial charge is 0.331 e. The summed E-state index contributed by atoms with van der Waals surface area (Å²) in [5.41, 5.74) is 1.27. The maximum Gasteiger partial charge on any atom is 0.331 e. The van der Waals surface area contributed by atoms with Crippen molar-refractivity contribution in [3.05, 3.63) is 41.5 Å². The van der Waals surface area contributed by atoms with Crippen LogP contribution in [0.2, 0.25) is 0 Å². The van der Waals surface area contributed by atoms with Gasteiger partial charge in [0.1, 0.15) is 5.60 Å². The van der Waals surface area contributed by atoms with E-state index in [1.807, 2.05) is 45.0 Å². The summed E-state index contributed by atoms with van der Waals surface area (Å²) < 4.78 is 5.15. The van der Waals surface area contributed by atoms with Gasteiger partial charge in [-0.05, 0) is 44.5 Å². The number of terminal acetylenes is 1. The molecule has 0 unspecified atom stereocenters. The second kappa shape index (κ2) is 5.36. The Morgan fingerprint density at radius 1 is 1.29 bits per heavy atom. The first kappa shape index (κ1) is 13.1. The predicted molar refractivity (Wildman–Crippen MR) is 69.3 cm³/mol. The molecule has 1 aromatic carbocycles. The molecule has 1 rings (SSSR count). The number of carbonyl (C=O) groups excluding carboxylic acids is 1. The van der Waals surface area contributed by atoms with E-state index in [4.69, 9.17) is 11.2 Å². The van der Waals surface area contributed by atoms with Gasteiger partial charge in [-0.2, -0.15) is 0 Å². The maximum absolute atomic E-state index is 11.4. The van der Waals surface area contributed by atoms with Crippen LogP contribution in [0.15, 0.2) is 30.3 Å². The normalized spacial score (nSPS) is 11.2. The molecule has 0 aliphatic rings. The highest BCUT2D eigenvalue weighted by molar-refractivity contribution is 5.87. The summed E-state index contributed by atoms with van der Waals surface area (Å²) in [6.45, 7) is 5.50. The molecular formula is C15H16O2. The summed E-state index contributed by atoms with van der Waals surface area (Å²) in [6.07, 6.45) is 8.36. The average molecular weight is 228 g/mol. The lowest BCUT2D eigenvalue weighted by Gasteiger charge is -2.17. The molecular weight excluding hydrogens is 212 g/mol. The molecule has 0 bridgehead atoms. The molecule has 17 heavy (non-hydrogen) atoms. The highest BCUT2D eigenvalue weighted by Gasteiger charge is 2.13. The minimum absolute atomic E-state index is 0.349. The van der Waals surface area contributed by atoms with Crippen LogP contribution in [0.3, 0.4) is 0 Å². The number of benzene rings is 1. The van der Waals surface area contributed by atoms with Crippen molar-refractivity contribution in [2.45, 2.75) is 26.4 Å². The van der Waals surface area contributed by atoms with Crippen molar-refractivity contribution in [2.24, 2.45) is 0 Å². The largest absolute Gasteiger partial charge is 0.457 e. The molecule has 2 heteroatoms. The van der Waals surface area contributed by atoms with E-state index in [1.54, 1.807) is 6.08 Å². The van der Waals surface area contributed by atoms with Crippen molar-refractivity contribution in [3.8, 4) is 12.3 Å². The fourth-order valence-electron chi connectivity index (χ4n) is 1.19. The Morgan fingerprint density at radius 3 is 2.35 bits per heavy atom. The lowest BCUT2D eigenvalue weighted by molar-refractivity contribution is -0.148. The fourth-order valence-corrected chi connectivity index (χ4v) is 1.19. The summed E-state index contributed by atoms with van der Waals surface area (Å²) in [5.74, 6) is 2.19. The van der Waals surface area contributed by atoms with Crippen molar-refractivity contribution in [2.75, 3.05) is 0 Å². The van der Waals surface area contributed by atoms with Gasteiger partial charge in [-0.15, -0.1) is 6.42 Å². The SMILES string of the molecule is C#Cc1ccc(/C=C/C(=O)OC(C)(C)C)cc1. The topological polar surface area (TPSA) is 26.3 Å². The van der Waals surface area contributed by atoms with Gasteiger partial charge in [-0.25, -0.2) is 4.79 Å². The molecule has 0 aliphatic carbocycles. The van der Waals surface area contributed by atoms with Gasteiger partial charge in [0.15, 0.2) is 0 Å². The minimum atomic E-state index is -0.464. The van der Waals surface area contributed by atoms with Crippen LogP contribution < -0.4 is 0 Å². The number of hydrogen-bond acceptors (Lipinski definition) is 2. The van der Waals surface area contributed by atoms with Crippen molar-refractivity contribution in [3.63, 3.8) is 0 Å². The third kappa shape index (κ3) is 5.03. The monoisotopic (exact) mass is 228 g/mol. The number of carbonyl (C=O) groups is 1. The van der Waals surface area contributed by atoms with Gasteiger partial charge in [-0.1, -0.05) is 18.1 Å². The Hall–Kier alpha value is -2.01. The van der Waals surface area contributed by atoms with Gasteiger partial charge >= 0.3 is 5.97 Å². The summed E-state index contributed by atoms with van der Waals surface area (Å²) in [5, 5.41) is 0. The van der Waals surface area contributed by atoms with Gasteiger partial charge in [0.25, 0.3) is 0 Å². The standard InChI is InChI=1S/C15H16O2/c1-5-12-6-8-13(9-7-12)10-11-14(16)17-15(2,3)4/h1,6-11H,2-4H3/b11-10+. The van der Waals surface area contributed by atoms with Gasteiger partial charge < -0.3 is 4.74 Å². The Balaban J connectivity index is 2.65. The van der Waals surface area contributed by atoms with Crippen LogP contribution >= 0.6 is 0 Å². The molecule has 0 atom stereocenters. The van der Waals surface area contributed by atoms with Crippen LogP contribution in [0.25, 0.3) is 6.08 Å². The molecule has 0 saturated carbocycles. The molecule has 1 aromatic rings. The molecule has 0 aromatic heterocycles. The van der Waals surface area contributed by atoms with Crippen LogP contribution in [0, 0.1) is 12.3 Å². The first-order valence-corrected chi connectivity index (χ1v) is 5.38. The van der Waals surface area contributed by atoms with E-state index < -0.39 is 5.60 Å². The number of esters is 1. The molecule has 0 aliphatic heterocycles. The second-order valence-electron chi connectivity index (χ2n) is 4.63. The highest BCUT2D eigenvalue weighted by Crippen LogP contribution is 2.09. The summed E-state index contributed by atoms with van der Waals surface area (Å²) in [7, 11) is 0.